The van der Waals surface area contributed by atoms with E-state index in [4.69, 9.17) is 23.2 Å². The van der Waals surface area contributed by atoms with E-state index < -0.39 is 0 Å². The van der Waals surface area contributed by atoms with Crippen LogP contribution < -0.4 is 0 Å². The average molecular weight is 335 g/mol. The molecular weight excluding hydrogens is 325 g/mol. The molecule has 0 amide bonds. The van der Waals surface area contributed by atoms with E-state index in [0.717, 1.165) is 28.2 Å². The maximum Gasteiger partial charge on any atom is 0.165 e. The summed E-state index contributed by atoms with van der Waals surface area (Å²) < 4.78 is 2.80. The first kappa shape index (κ1) is 12.9. The second-order valence-corrected chi connectivity index (χ2v) is 4.92. The van der Waals surface area contributed by atoms with Crippen molar-refractivity contribution < 1.29 is 0 Å². The molecule has 1 aromatic heterocycles. The van der Waals surface area contributed by atoms with E-state index in [1.165, 1.54) is 0 Å². The van der Waals surface area contributed by atoms with Crippen LogP contribution in [0.5, 0.6) is 0 Å². The molecule has 0 aliphatic heterocycles. The van der Waals surface area contributed by atoms with Crippen LogP contribution in [-0.4, -0.2) is 14.8 Å². The molecule has 1 aromatic carbocycles. The molecule has 90 valence electrons. The predicted molar refractivity (Wildman–Crippen MR) is 73.4 cm³/mol. The van der Waals surface area contributed by atoms with Gasteiger partial charge in [-0.05, 0) is 35.0 Å². The van der Waals surface area contributed by atoms with Crippen LogP contribution >= 0.6 is 39.1 Å². The van der Waals surface area contributed by atoms with Crippen LogP contribution in [0.1, 0.15) is 12.7 Å². The number of halogens is 3. The Hall–Kier alpha value is -0.580. The monoisotopic (exact) mass is 333 g/mol. The maximum atomic E-state index is 6.25. The zero-order chi connectivity index (χ0) is 12.4. The minimum Gasteiger partial charge on any atom is -0.310 e. The summed E-state index contributed by atoms with van der Waals surface area (Å²) >= 11 is 15.5. The average Bonchev–Trinajstić information content (AvgIpc) is 2.75. The standard InChI is InChI=1S/C11H10BrCl2N3/c1-2-17-9(6-13)15-16-11(17)7-4-3-5-8(12)10(7)14/h3-5H,2,6H2,1H3. The number of aromatic nitrogens is 3. The Kier molecular flexibility index (Phi) is 4.07. The van der Waals surface area contributed by atoms with Gasteiger partial charge in [0, 0.05) is 16.6 Å². The minimum absolute atomic E-state index is 0.340. The van der Waals surface area contributed by atoms with Gasteiger partial charge in [-0.3, -0.25) is 0 Å². The second kappa shape index (κ2) is 5.38. The smallest absolute Gasteiger partial charge is 0.165 e. The van der Waals surface area contributed by atoms with Gasteiger partial charge >= 0.3 is 0 Å². The topological polar surface area (TPSA) is 30.7 Å². The molecule has 0 atom stereocenters. The van der Waals surface area contributed by atoms with Crippen LogP contribution in [-0.2, 0) is 12.4 Å². The van der Waals surface area contributed by atoms with Gasteiger partial charge in [-0.25, -0.2) is 0 Å². The lowest BCUT2D eigenvalue weighted by atomic mass is 10.2. The largest absolute Gasteiger partial charge is 0.310 e. The van der Waals surface area contributed by atoms with Gasteiger partial charge in [0.15, 0.2) is 5.82 Å². The van der Waals surface area contributed by atoms with Crippen LogP contribution in [0, 0.1) is 0 Å². The lowest BCUT2D eigenvalue weighted by Crippen LogP contribution is -2.02. The van der Waals surface area contributed by atoms with Crippen molar-refractivity contribution in [3.05, 3.63) is 33.5 Å². The molecule has 1 heterocycles. The van der Waals surface area contributed by atoms with Crippen molar-refractivity contribution >= 4 is 39.1 Å². The molecule has 0 bridgehead atoms. The maximum absolute atomic E-state index is 6.25. The first-order valence-corrected chi connectivity index (χ1v) is 6.82. The van der Waals surface area contributed by atoms with E-state index in [-0.39, 0.29) is 0 Å². The number of rotatable bonds is 3. The molecule has 0 aliphatic carbocycles. The van der Waals surface area contributed by atoms with Crippen LogP contribution in [0.25, 0.3) is 11.4 Å². The fraction of sp³-hybridized carbons (Fsp3) is 0.273. The van der Waals surface area contributed by atoms with Crippen molar-refractivity contribution in [2.24, 2.45) is 0 Å². The summed E-state index contributed by atoms with van der Waals surface area (Å²) in [6, 6.07) is 5.72. The third-order valence-corrected chi connectivity index (χ3v) is 3.99. The normalized spacial score (nSPS) is 10.8. The molecule has 0 N–H and O–H groups in total. The summed E-state index contributed by atoms with van der Waals surface area (Å²) in [5.41, 5.74) is 0.853. The van der Waals surface area contributed by atoms with E-state index in [0.29, 0.717) is 10.9 Å². The molecule has 0 radical (unpaired) electrons. The van der Waals surface area contributed by atoms with Gasteiger partial charge in [0.1, 0.15) is 5.82 Å². The van der Waals surface area contributed by atoms with Gasteiger partial charge in [-0.2, -0.15) is 0 Å². The third kappa shape index (κ3) is 2.34. The quantitative estimate of drug-likeness (QED) is 0.790. The molecule has 6 heteroatoms. The molecule has 2 aromatic rings. The Labute approximate surface area is 118 Å². The number of benzene rings is 1. The molecule has 0 fully saturated rings. The molecule has 0 spiro atoms. The van der Waals surface area contributed by atoms with E-state index in [1.807, 2.05) is 29.7 Å². The van der Waals surface area contributed by atoms with Crippen LogP contribution in [0.15, 0.2) is 22.7 Å². The number of alkyl halides is 1. The molecule has 0 saturated carbocycles. The Balaban J connectivity index is 2.60. The molecular formula is C11H10BrCl2N3. The summed E-state index contributed by atoms with van der Waals surface area (Å²) in [5.74, 6) is 1.83. The van der Waals surface area contributed by atoms with Gasteiger partial charge < -0.3 is 4.57 Å². The van der Waals surface area contributed by atoms with Gasteiger partial charge in [0.05, 0.1) is 10.9 Å². The van der Waals surface area contributed by atoms with Crippen molar-refractivity contribution in [3.8, 4) is 11.4 Å². The second-order valence-electron chi connectivity index (χ2n) is 3.42. The van der Waals surface area contributed by atoms with Crippen molar-refractivity contribution in [3.63, 3.8) is 0 Å². The zero-order valence-electron chi connectivity index (χ0n) is 9.12. The Morgan fingerprint density at radius 3 is 2.76 bits per heavy atom. The number of nitrogens with zero attached hydrogens (tertiary/aromatic N) is 3. The van der Waals surface area contributed by atoms with Crippen molar-refractivity contribution in [2.75, 3.05) is 0 Å². The zero-order valence-corrected chi connectivity index (χ0v) is 12.2. The van der Waals surface area contributed by atoms with Crippen LogP contribution in [0.2, 0.25) is 5.02 Å². The lowest BCUT2D eigenvalue weighted by molar-refractivity contribution is 0.731. The Morgan fingerprint density at radius 1 is 1.35 bits per heavy atom. The third-order valence-electron chi connectivity index (χ3n) is 2.46. The lowest BCUT2D eigenvalue weighted by Gasteiger charge is -2.08. The first-order chi connectivity index (χ1) is 8.19. The summed E-state index contributed by atoms with van der Waals surface area (Å²) in [5, 5.41) is 8.85. The highest BCUT2D eigenvalue weighted by Gasteiger charge is 2.15. The molecule has 0 aliphatic rings. The van der Waals surface area contributed by atoms with E-state index >= 15 is 0 Å². The fourth-order valence-electron chi connectivity index (χ4n) is 1.64. The first-order valence-electron chi connectivity index (χ1n) is 5.11. The van der Waals surface area contributed by atoms with Gasteiger partial charge in [-0.15, -0.1) is 21.8 Å². The summed E-state index contributed by atoms with van der Waals surface area (Å²) in [6.07, 6.45) is 0. The van der Waals surface area contributed by atoms with E-state index in [1.54, 1.807) is 0 Å². The van der Waals surface area contributed by atoms with Gasteiger partial charge in [0.25, 0.3) is 0 Å². The highest BCUT2D eigenvalue weighted by Crippen LogP contribution is 2.33. The number of hydrogen-bond donors (Lipinski definition) is 0. The molecule has 0 saturated heterocycles. The summed E-state index contributed by atoms with van der Waals surface area (Å²) in [7, 11) is 0. The Bertz CT molecular complexity index is 540. The summed E-state index contributed by atoms with van der Waals surface area (Å²) in [4.78, 5) is 0. The predicted octanol–water partition coefficient (Wildman–Crippen LogP) is 4.12. The Morgan fingerprint density at radius 2 is 2.12 bits per heavy atom. The molecule has 3 nitrogen and oxygen atoms in total. The highest BCUT2D eigenvalue weighted by molar-refractivity contribution is 9.10. The van der Waals surface area contributed by atoms with Crippen LogP contribution in [0.3, 0.4) is 0 Å². The minimum atomic E-state index is 0.340. The van der Waals surface area contributed by atoms with Gasteiger partial charge in [-0.1, -0.05) is 17.7 Å². The van der Waals surface area contributed by atoms with Crippen molar-refractivity contribution in [2.45, 2.75) is 19.3 Å². The molecule has 17 heavy (non-hydrogen) atoms. The SMILES string of the molecule is CCn1c(CCl)nnc1-c1cccc(Br)c1Cl. The van der Waals surface area contributed by atoms with E-state index in [2.05, 4.69) is 26.1 Å². The van der Waals surface area contributed by atoms with Crippen molar-refractivity contribution in [1.82, 2.24) is 14.8 Å². The fourth-order valence-corrected chi connectivity index (χ4v) is 2.42. The van der Waals surface area contributed by atoms with Crippen molar-refractivity contribution in [1.29, 1.82) is 0 Å². The number of hydrogen-bond acceptors (Lipinski definition) is 2. The molecule has 2 rings (SSSR count). The highest BCUT2D eigenvalue weighted by atomic mass is 79.9. The molecule has 0 unspecified atom stereocenters. The van der Waals surface area contributed by atoms with Gasteiger partial charge in [0.2, 0.25) is 0 Å². The summed E-state index contributed by atoms with van der Waals surface area (Å²) in [6.45, 7) is 2.78. The van der Waals surface area contributed by atoms with E-state index in [9.17, 15) is 0 Å². The van der Waals surface area contributed by atoms with Crippen LogP contribution in [0.4, 0.5) is 0 Å².